The zero-order valence-electron chi connectivity index (χ0n) is 17.4. The quantitative estimate of drug-likeness (QED) is 0.460. The van der Waals surface area contributed by atoms with Crippen LogP contribution in [0.25, 0.3) is 5.82 Å². The lowest BCUT2D eigenvalue weighted by Gasteiger charge is -2.08. The van der Waals surface area contributed by atoms with Crippen molar-refractivity contribution in [3.05, 3.63) is 78.1 Å². The molecule has 0 aliphatic rings. The summed E-state index contributed by atoms with van der Waals surface area (Å²) in [6, 6.07) is 13.3. The monoisotopic (exact) mass is 433 g/mol. The first-order chi connectivity index (χ1) is 15.5. The van der Waals surface area contributed by atoms with Crippen molar-refractivity contribution in [3.8, 4) is 11.6 Å². The van der Waals surface area contributed by atoms with Crippen LogP contribution in [0.4, 0.5) is 21.8 Å². The van der Waals surface area contributed by atoms with E-state index in [-0.39, 0.29) is 18.1 Å². The van der Waals surface area contributed by atoms with Crippen LogP contribution in [0.2, 0.25) is 0 Å². The van der Waals surface area contributed by atoms with Crippen molar-refractivity contribution in [1.29, 1.82) is 0 Å². The lowest BCUT2D eigenvalue weighted by molar-refractivity contribution is -0.115. The van der Waals surface area contributed by atoms with Crippen molar-refractivity contribution in [3.63, 3.8) is 0 Å². The van der Waals surface area contributed by atoms with Gasteiger partial charge >= 0.3 is 0 Å². The molecule has 2 heterocycles. The number of anilines is 3. The molecule has 0 bridgehead atoms. The van der Waals surface area contributed by atoms with Gasteiger partial charge in [-0.1, -0.05) is 6.07 Å². The molecule has 0 aliphatic carbocycles. The van der Waals surface area contributed by atoms with Crippen molar-refractivity contribution in [2.75, 3.05) is 17.7 Å². The van der Waals surface area contributed by atoms with Gasteiger partial charge in [-0.15, -0.1) is 5.10 Å². The standard InChI is InChI=1S/C22H20FN7O2/c1-14-9-16(23)4-3-15(14)10-21(31)28-19-11-20(25-12-24-19)30-13-26-22(29-30)27-17-5-7-18(32-2)8-6-17/h3-9,11-13H,10H2,1-2H3,(H,27,29)(H,24,25,28,31). The van der Waals surface area contributed by atoms with Gasteiger partial charge in [0.15, 0.2) is 5.82 Å². The molecule has 4 aromatic rings. The minimum absolute atomic E-state index is 0.102. The van der Waals surface area contributed by atoms with E-state index in [0.717, 1.165) is 17.0 Å². The van der Waals surface area contributed by atoms with Crippen LogP contribution < -0.4 is 15.4 Å². The average Bonchev–Trinajstić information content (AvgIpc) is 3.25. The van der Waals surface area contributed by atoms with E-state index in [0.29, 0.717) is 23.1 Å². The van der Waals surface area contributed by atoms with Crippen LogP contribution in [-0.4, -0.2) is 37.7 Å². The molecular weight excluding hydrogens is 413 g/mol. The van der Waals surface area contributed by atoms with Crippen LogP contribution in [-0.2, 0) is 11.2 Å². The van der Waals surface area contributed by atoms with Crippen LogP contribution >= 0.6 is 0 Å². The normalized spacial score (nSPS) is 10.6. The van der Waals surface area contributed by atoms with E-state index in [1.807, 2.05) is 24.3 Å². The molecule has 4 rings (SSSR count). The molecule has 9 nitrogen and oxygen atoms in total. The third-order valence-electron chi connectivity index (χ3n) is 4.65. The van der Waals surface area contributed by atoms with Gasteiger partial charge in [0.05, 0.1) is 13.5 Å². The third-order valence-corrected chi connectivity index (χ3v) is 4.65. The Kier molecular flexibility index (Phi) is 6.02. The van der Waals surface area contributed by atoms with Crippen molar-refractivity contribution in [2.24, 2.45) is 0 Å². The Morgan fingerprint density at radius 2 is 1.91 bits per heavy atom. The molecule has 10 heteroatoms. The Labute approximate surface area is 183 Å². The number of aryl methyl sites for hydroxylation is 1. The molecule has 0 saturated heterocycles. The summed E-state index contributed by atoms with van der Waals surface area (Å²) in [5.74, 6) is 1.28. The van der Waals surface area contributed by atoms with Crippen molar-refractivity contribution in [2.45, 2.75) is 13.3 Å². The van der Waals surface area contributed by atoms with Crippen molar-refractivity contribution in [1.82, 2.24) is 24.7 Å². The van der Waals surface area contributed by atoms with Gasteiger partial charge in [-0.3, -0.25) is 4.79 Å². The summed E-state index contributed by atoms with van der Waals surface area (Å²) in [7, 11) is 1.61. The second-order valence-corrected chi connectivity index (χ2v) is 6.92. The van der Waals surface area contributed by atoms with Gasteiger partial charge in [-0.2, -0.15) is 4.98 Å². The van der Waals surface area contributed by atoms with Gasteiger partial charge in [0, 0.05) is 11.8 Å². The lowest BCUT2D eigenvalue weighted by Crippen LogP contribution is -2.16. The zero-order chi connectivity index (χ0) is 22.5. The first kappa shape index (κ1) is 20.9. The summed E-state index contributed by atoms with van der Waals surface area (Å²) in [6.45, 7) is 1.76. The molecule has 2 N–H and O–H groups in total. The summed E-state index contributed by atoms with van der Waals surface area (Å²) < 4.78 is 19.9. The Bertz CT molecular complexity index is 1240. The number of nitrogens with zero attached hydrogens (tertiary/aromatic N) is 5. The number of hydrogen-bond acceptors (Lipinski definition) is 7. The number of methoxy groups -OCH3 is 1. The number of nitrogens with one attached hydrogen (secondary N) is 2. The molecule has 0 saturated carbocycles. The Morgan fingerprint density at radius 3 is 2.66 bits per heavy atom. The molecule has 0 atom stereocenters. The number of carbonyl (C=O) groups is 1. The number of aromatic nitrogens is 5. The molecule has 162 valence electrons. The van der Waals surface area contributed by atoms with E-state index in [4.69, 9.17) is 4.74 Å². The van der Waals surface area contributed by atoms with Crippen LogP contribution in [0.5, 0.6) is 5.75 Å². The number of halogens is 1. The minimum Gasteiger partial charge on any atom is -0.497 e. The van der Waals surface area contributed by atoms with E-state index in [9.17, 15) is 9.18 Å². The van der Waals surface area contributed by atoms with Crippen LogP contribution in [0, 0.1) is 12.7 Å². The molecule has 0 radical (unpaired) electrons. The molecule has 2 aromatic carbocycles. The first-order valence-corrected chi connectivity index (χ1v) is 9.70. The first-order valence-electron chi connectivity index (χ1n) is 9.70. The Hall–Kier alpha value is -4.34. The van der Waals surface area contributed by atoms with E-state index < -0.39 is 0 Å². The summed E-state index contributed by atoms with van der Waals surface area (Å²) in [6.07, 6.45) is 2.93. The van der Waals surface area contributed by atoms with Gasteiger partial charge in [-0.25, -0.2) is 19.0 Å². The fourth-order valence-corrected chi connectivity index (χ4v) is 2.99. The molecule has 0 aliphatic heterocycles. The van der Waals surface area contributed by atoms with Crippen LogP contribution in [0.3, 0.4) is 0 Å². The van der Waals surface area contributed by atoms with Crippen molar-refractivity contribution < 1.29 is 13.9 Å². The van der Waals surface area contributed by atoms with Gasteiger partial charge in [0.1, 0.15) is 30.0 Å². The Morgan fingerprint density at radius 1 is 1.09 bits per heavy atom. The fourth-order valence-electron chi connectivity index (χ4n) is 2.99. The molecule has 2 aromatic heterocycles. The highest BCUT2D eigenvalue weighted by Crippen LogP contribution is 2.18. The highest BCUT2D eigenvalue weighted by atomic mass is 19.1. The van der Waals surface area contributed by atoms with E-state index >= 15 is 0 Å². The smallest absolute Gasteiger partial charge is 0.247 e. The maximum Gasteiger partial charge on any atom is 0.247 e. The number of ether oxygens (including phenoxy) is 1. The van der Waals surface area contributed by atoms with E-state index in [2.05, 4.69) is 30.7 Å². The van der Waals surface area contributed by atoms with Gasteiger partial charge in [0.2, 0.25) is 11.9 Å². The highest BCUT2D eigenvalue weighted by Gasteiger charge is 2.10. The predicted octanol–water partition coefficient (Wildman–Crippen LogP) is 3.44. The molecular formula is C22H20FN7O2. The maximum absolute atomic E-state index is 13.3. The highest BCUT2D eigenvalue weighted by molar-refractivity contribution is 5.91. The number of amides is 1. The molecule has 1 amide bonds. The van der Waals surface area contributed by atoms with Gasteiger partial charge < -0.3 is 15.4 Å². The predicted molar refractivity (Wildman–Crippen MR) is 117 cm³/mol. The SMILES string of the molecule is COc1ccc(Nc2ncn(-c3cc(NC(=O)Cc4ccc(F)cc4C)ncn3)n2)cc1. The Balaban J connectivity index is 1.43. The number of benzene rings is 2. The fraction of sp³-hybridized carbons (Fsp3) is 0.136. The van der Waals surface area contributed by atoms with Gasteiger partial charge in [0.25, 0.3) is 0 Å². The topological polar surface area (TPSA) is 107 Å². The summed E-state index contributed by atoms with van der Waals surface area (Å²) >= 11 is 0. The average molecular weight is 433 g/mol. The van der Waals surface area contributed by atoms with Crippen LogP contribution in [0.1, 0.15) is 11.1 Å². The number of rotatable bonds is 7. The molecule has 0 unspecified atom stereocenters. The largest absolute Gasteiger partial charge is 0.497 e. The summed E-state index contributed by atoms with van der Waals surface area (Å²) in [4.78, 5) is 24.9. The van der Waals surface area contributed by atoms with Crippen LogP contribution in [0.15, 0.2) is 61.2 Å². The lowest BCUT2D eigenvalue weighted by atomic mass is 10.1. The second kappa shape index (κ2) is 9.21. The molecule has 0 fully saturated rings. The van der Waals surface area contributed by atoms with E-state index in [1.165, 1.54) is 29.5 Å². The number of hydrogen-bond donors (Lipinski definition) is 2. The molecule has 32 heavy (non-hydrogen) atoms. The number of carbonyl (C=O) groups excluding carboxylic acids is 1. The zero-order valence-corrected chi connectivity index (χ0v) is 17.4. The third kappa shape index (κ3) is 5.04. The second-order valence-electron chi connectivity index (χ2n) is 6.92. The minimum atomic E-state index is -0.333. The van der Waals surface area contributed by atoms with Gasteiger partial charge in [-0.05, 0) is 54.4 Å². The summed E-state index contributed by atoms with van der Waals surface area (Å²) in [5.41, 5.74) is 2.25. The molecule has 0 spiro atoms. The van der Waals surface area contributed by atoms with E-state index in [1.54, 1.807) is 26.2 Å². The van der Waals surface area contributed by atoms with Crippen molar-refractivity contribution >= 4 is 23.4 Å². The maximum atomic E-state index is 13.3. The summed E-state index contributed by atoms with van der Waals surface area (Å²) in [5, 5.41) is 10.2.